The zero-order valence-electron chi connectivity index (χ0n) is 11.3. The molecule has 1 fully saturated rings. The van der Waals surface area contributed by atoms with Crippen LogP contribution in [0.25, 0.3) is 0 Å². The molecule has 0 aliphatic heterocycles. The van der Waals surface area contributed by atoms with Crippen molar-refractivity contribution in [1.82, 2.24) is 5.32 Å². The van der Waals surface area contributed by atoms with Crippen molar-refractivity contribution in [3.63, 3.8) is 0 Å². The molecule has 0 saturated heterocycles. The summed E-state index contributed by atoms with van der Waals surface area (Å²) in [6.45, 7) is 1.73. The lowest BCUT2D eigenvalue weighted by Gasteiger charge is -2.36. The summed E-state index contributed by atoms with van der Waals surface area (Å²) < 4.78 is 14.6. The molecular weight excluding hydrogens is 325 g/mol. The number of hydrogen-bond acceptors (Lipinski definition) is 2. The molecule has 0 aromatic heterocycles. The van der Waals surface area contributed by atoms with Crippen molar-refractivity contribution < 1.29 is 4.39 Å². The molecule has 1 aliphatic carbocycles. The summed E-state index contributed by atoms with van der Waals surface area (Å²) in [7, 11) is 0. The molecule has 2 rings (SSSR count). The van der Waals surface area contributed by atoms with Crippen LogP contribution in [0.3, 0.4) is 0 Å². The van der Waals surface area contributed by atoms with Crippen LogP contribution in [0.5, 0.6) is 0 Å². The molecule has 1 aromatic carbocycles. The Balaban J connectivity index is 1.90. The van der Waals surface area contributed by atoms with Gasteiger partial charge in [0.05, 0.1) is 0 Å². The topological polar surface area (TPSA) is 12.0 Å². The zero-order chi connectivity index (χ0) is 13.7. The number of rotatable bonds is 5. The van der Waals surface area contributed by atoms with Gasteiger partial charge in [0.1, 0.15) is 5.82 Å². The average Bonchev–Trinajstić information content (AvgIpc) is 2.44. The van der Waals surface area contributed by atoms with Gasteiger partial charge in [0.25, 0.3) is 0 Å². The van der Waals surface area contributed by atoms with Gasteiger partial charge >= 0.3 is 0 Å². The highest BCUT2D eigenvalue weighted by atomic mass is 79.9. The van der Waals surface area contributed by atoms with Crippen LogP contribution in [-0.2, 0) is 6.54 Å². The number of halogens is 2. The highest BCUT2D eigenvalue weighted by Gasteiger charge is 2.30. The van der Waals surface area contributed by atoms with Crippen molar-refractivity contribution in [2.75, 3.05) is 12.8 Å². The van der Waals surface area contributed by atoms with E-state index in [2.05, 4.69) is 27.5 Å². The smallest absolute Gasteiger partial charge is 0.123 e. The normalized spacial score (nSPS) is 18.5. The number of hydrogen-bond donors (Lipinski definition) is 1. The number of thioether (sulfide) groups is 1. The predicted molar refractivity (Wildman–Crippen MR) is 85.1 cm³/mol. The number of benzene rings is 1. The molecule has 0 amide bonds. The molecule has 1 saturated carbocycles. The van der Waals surface area contributed by atoms with E-state index in [1.807, 2.05) is 11.8 Å². The summed E-state index contributed by atoms with van der Waals surface area (Å²) in [5, 5.41) is 3.51. The minimum absolute atomic E-state index is 0.169. The molecule has 0 heterocycles. The van der Waals surface area contributed by atoms with E-state index in [0.29, 0.717) is 4.75 Å². The molecule has 1 aromatic rings. The van der Waals surface area contributed by atoms with E-state index in [1.165, 1.54) is 38.2 Å². The highest BCUT2D eigenvalue weighted by molar-refractivity contribution is 9.10. The Hall–Kier alpha value is -0.0600. The monoisotopic (exact) mass is 345 g/mol. The van der Waals surface area contributed by atoms with Gasteiger partial charge in [0, 0.05) is 22.3 Å². The highest BCUT2D eigenvalue weighted by Crippen LogP contribution is 2.38. The molecule has 4 heteroatoms. The average molecular weight is 346 g/mol. The fourth-order valence-corrected chi connectivity index (χ4v) is 4.08. The van der Waals surface area contributed by atoms with Crippen LogP contribution in [0.1, 0.15) is 37.7 Å². The van der Waals surface area contributed by atoms with Crippen molar-refractivity contribution in [1.29, 1.82) is 0 Å². The molecule has 0 spiro atoms. The van der Waals surface area contributed by atoms with Crippen LogP contribution >= 0.6 is 27.7 Å². The lowest BCUT2D eigenvalue weighted by molar-refractivity contribution is 0.379. The molecule has 0 radical (unpaired) electrons. The molecular formula is C15H21BrFNS. The van der Waals surface area contributed by atoms with Crippen LogP contribution in [0, 0.1) is 5.82 Å². The van der Waals surface area contributed by atoms with Crippen LogP contribution < -0.4 is 5.32 Å². The maximum absolute atomic E-state index is 13.2. The van der Waals surface area contributed by atoms with Crippen molar-refractivity contribution in [3.05, 3.63) is 34.1 Å². The van der Waals surface area contributed by atoms with Crippen molar-refractivity contribution in [3.8, 4) is 0 Å². The van der Waals surface area contributed by atoms with Gasteiger partial charge in [-0.3, -0.25) is 0 Å². The first-order valence-corrected chi connectivity index (χ1v) is 8.87. The Morgan fingerprint density at radius 1 is 1.32 bits per heavy atom. The van der Waals surface area contributed by atoms with Crippen molar-refractivity contribution in [2.45, 2.75) is 43.4 Å². The third-order valence-corrected chi connectivity index (χ3v) is 6.16. The maximum Gasteiger partial charge on any atom is 0.123 e. The van der Waals surface area contributed by atoms with Gasteiger partial charge in [0.2, 0.25) is 0 Å². The Bertz CT molecular complexity index is 419. The van der Waals surface area contributed by atoms with E-state index in [-0.39, 0.29) is 5.82 Å². The molecule has 0 bridgehead atoms. The minimum atomic E-state index is -0.169. The summed E-state index contributed by atoms with van der Waals surface area (Å²) in [5.74, 6) is -0.169. The quantitative estimate of drug-likeness (QED) is 0.826. The van der Waals surface area contributed by atoms with Crippen LogP contribution in [0.4, 0.5) is 4.39 Å². The van der Waals surface area contributed by atoms with E-state index in [4.69, 9.17) is 0 Å². The molecule has 1 aliphatic rings. The van der Waals surface area contributed by atoms with Gasteiger partial charge in [-0.25, -0.2) is 4.39 Å². The fraction of sp³-hybridized carbons (Fsp3) is 0.600. The SMILES string of the molecule is CSC1(CNCc2cc(F)ccc2Br)CCCCC1. The molecule has 1 N–H and O–H groups in total. The second kappa shape index (κ2) is 7.09. The van der Waals surface area contributed by atoms with Crippen LogP contribution in [-0.4, -0.2) is 17.5 Å². The Morgan fingerprint density at radius 3 is 2.74 bits per heavy atom. The molecule has 0 atom stereocenters. The van der Waals surface area contributed by atoms with Gasteiger partial charge in [-0.15, -0.1) is 0 Å². The standard InChI is InChI=1S/C15H21BrFNS/c1-19-15(7-3-2-4-8-15)11-18-10-12-9-13(17)5-6-14(12)16/h5-6,9,18H,2-4,7-8,10-11H2,1H3. The molecule has 19 heavy (non-hydrogen) atoms. The predicted octanol–water partition coefficient (Wildman–Crippen LogP) is 4.74. The molecule has 106 valence electrons. The first-order valence-electron chi connectivity index (χ1n) is 6.85. The first-order chi connectivity index (χ1) is 9.15. The summed E-state index contributed by atoms with van der Waals surface area (Å²) in [6, 6.07) is 4.86. The van der Waals surface area contributed by atoms with Crippen LogP contribution in [0.2, 0.25) is 0 Å². The Labute approximate surface area is 127 Å². The lowest BCUT2D eigenvalue weighted by Crippen LogP contribution is -2.39. The van der Waals surface area contributed by atoms with E-state index in [1.54, 1.807) is 12.1 Å². The molecule has 0 unspecified atom stereocenters. The lowest BCUT2D eigenvalue weighted by atomic mass is 9.88. The van der Waals surface area contributed by atoms with Crippen molar-refractivity contribution >= 4 is 27.7 Å². The van der Waals surface area contributed by atoms with Gasteiger partial charge in [-0.05, 0) is 42.9 Å². The Kier molecular flexibility index (Phi) is 5.72. The summed E-state index contributed by atoms with van der Waals surface area (Å²) >= 11 is 5.46. The van der Waals surface area contributed by atoms with Gasteiger partial charge in [-0.1, -0.05) is 35.2 Å². The summed E-state index contributed by atoms with van der Waals surface area (Å²) in [5.41, 5.74) is 0.993. The molecule has 1 nitrogen and oxygen atoms in total. The minimum Gasteiger partial charge on any atom is -0.311 e. The third kappa shape index (κ3) is 4.20. The second-order valence-electron chi connectivity index (χ2n) is 5.29. The van der Waals surface area contributed by atoms with Crippen molar-refractivity contribution in [2.24, 2.45) is 0 Å². The van der Waals surface area contributed by atoms with Gasteiger partial charge in [-0.2, -0.15) is 11.8 Å². The first kappa shape index (κ1) is 15.3. The summed E-state index contributed by atoms with van der Waals surface area (Å²) in [6.07, 6.45) is 8.86. The van der Waals surface area contributed by atoms with Gasteiger partial charge < -0.3 is 5.32 Å². The van der Waals surface area contributed by atoms with E-state index < -0.39 is 0 Å². The van der Waals surface area contributed by atoms with Gasteiger partial charge in [0.15, 0.2) is 0 Å². The van der Waals surface area contributed by atoms with E-state index >= 15 is 0 Å². The number of nitrogens with one attached hydrogen (secondary N) is 1. The van der Waals surface area contributed by atoms with Crippen LogP contribution in [0.15, 0.2) is 22.7 Å². The van der Waals surface area contributed by atoms with E-state index in [9.17, 15) is 4.39 Å². The summed E-state index contributed by atoms with van der Waals surface area (Å²) in [4.78, 5) is 0. The fourth-order valence-electron chi connectivity index (χ4n) is 2.75. The van der Waals surface area contributed by atoms with E-state index in [0.717, 1.165) is 23.1 Å². The maximum atomic E-state index is 13.2. The zero-order valence-corrected chi connectivity index (χ0v) is 13.7. The third-order valence-electron chi connectivity index (χ3n) is 3.97. The Morgan fingerprint density at radius 2 is 2.05 bits per heavy atom. The largest absolute Gasteiger partial charge is 0.311 e. The second-order valence-corrected chi connectivity index (χ2v) is 7.42.